The largest absolute Gasteiger partial charge is 0.383 e. The van der Waals surface area contributed by atoms with Crippen molar-refractivity contribution in [2.75, 3.05) is 11.1 Å². The standard InChI is InChI=1S/C8H13N3S/c1-4-3-6(4)10-8-5(2)7(9)11-12-8/h4,6,10H,3H2,1-2H3,(H2,9,11). The maximum Gasteiger partial charge on any atom is 0.142 e. The molecule has 2 rings (SSSR count). The van der Waals surface area contributed by atoms with Gasteiger partial charge in [-0.25, -0.2) is 0 Å². The molecule has 3 N–H and O–H groups in total. The summed E-state index contributed by atoms with van der Waals surface area (Å²) in [4.78, 5) is 0. The van der Waals surface area contributed by atoms with Gasteiger partial charge in [-0.3, -0.25) is 0 Å². The van der Waals surface area contributed by atoms with Gasteiger partial charge in [0.05, 0.1) is 0 Å². The van der Waals surface area contributed by atoms with Gasteiger partial charge >= 0.3 is 0 Å². The maximum absolute atomic E-state index is 5.63. The Morgan fingerprint density at radius 2 is 2.33 bits per heavy atom. The van der Waals surface area contributed by atoms with E-state index in [4.69, 9.17) is 5.73 Å². The van der Waals surface area contributed by atoms with Crippen molar-refractivity contribution in [3.8, 4) is 0 Å². The van der Waals surface area contributed by atoms with E-state index < -0.39 is 0 Å². The topological polar surface area (TPSA) is 50.9 Å². The molecule has 0 amide bonds. The Morgan fingerprint density at radius 1 is 1.67 bits per heavy atom. The summed E-state index contributed by atoms with van der Waals surface area (Å²) in [7, 11) is 0. The molecule has 1 heterocycles. The van der Waals surface area contributed by atoms with Crippen molar-refractivity contribution < 1.29 is 0 Å². The fourth-order valence-electron chi connectivity index (χ4n) is 1.17. The summed E-state index contributed by atoms with van der Waals surface area (Å²) >= 11 is 1.46. The van der Waals surface area contributed by atoms with Crippen LogP contribution in [0.2, 0.25) is 0 Å². The van der Waals surface area contributed by atoms with Gasteiger partial charge in [-0.05, 0) is 30.8 Å². The molecule has 1 aromatic heterocycles. The van der Waals surface area contributed by atoms with E-state index in [9.17, 15) is 0 Å². The van der Waals surface area contributed by atoms with E-state index in [1.165, 1.54) is 18.0 Å². The van der Waals surface area contributed by atoms with Crippen molar-refractivity contribution in [2.24, 2.45) is 5.92 Å². The maximum atomic E-state index is 5.63. The summed E-state index contributed by atoms with van der Waals surface area (Å²) < 4.78 is 4.08. The van der Waals surface area contributed by atoms with E-state index >= 15 is 0 Å². The smallest absolute Gasteiger partial charge is 0.142 e. The summed E-state index contributed by atoms with van der Waals surface area (Å²) in [6.45, 7) is 4.26. The second-order valence-electron chi connectivity index (χ2n) is 3.49. The molecule has 1 fully saturated rings. The van der Waals surface area contributed by atoms with Gasteiger partial charge in [0.25, 0.3) is 0 Å². The van der Waals surface area contributed by atoms with E-state index in [1.54, 1.807) is 0 Å². The number of nitrogens with two attached hydrogens (primary N) is 1. The van der Waals surface area contributed by atoms with E-state index in [2.05, 4.69) is 16.6 Å². The zero-order valence-electron chi connectivity index (χ0n) is 7.29. The fourth-order valence-corrected chi connectivity index (χ4v) is 1.95. The molecule has 1 saturated carbocycles. The molecule has 3 nitrogen and oxygen atoms in total. The van der Waals surface area contributed by atoms with Crippen LogP contribution in [-0.2, 0) is 0 Å². The third-order valence-electron chi connectivity index (χ3n) is 2.39. The summed E-state index contributed by atoms with van der Waals surface area (Å²) in [5.41, 5.74) is 6.73. The summed E-state index contributed by atoms with van der Waals surface area (Å²) in [5.74, 6) is 1.48. The van der Waals surface area contributed by atoms with Crippen LogP contribution in [0.1, 0.15) is 18.9 Å². The van der Waals surface area contributed by atoms with Crippen LogP contribution in [0.4, 0.5) is 10.8 Å². The third kappa shape index (κ3) is 1.27. The highest BCUT2D eigenvalue weighted by Crippen LogP contribution is 2.36. The van der Waals surface area contributed by atoms with E-state index in [1.807, 2.05) is 6.92 Å². The summed E-state index contributed by atoms with van der Waals surface area (Å²) in [5, 5.41) is 4.57. The number of nitrogens with zero attached hydrogens (tertiary/aromatic N) is 1. The molecule has 2 atom stereocenters. The number of aromatic nitrogens is 1. The normalized spacial score (nSPS) is 27.2. The van der Waals surface area contributed by atoms with E-state index in [-0.39, 0.29) is 0 Å². The molecule has 0 saturated heterocycles. The fraction of sp³-hybridized carbons (Fsp3) is 0.625. The first-order valence-corrected chi connectivity index (χ1v) is 4.94. The lowest BCUT2D eigenvalue weighted by Crippen LogP contribution is -2.02. The molecule has 0 radical (unpaired) electrons. The lowest BCUT2D eigenvalue weighted by Gasteiger charge is -2.01. The molecular formula is C8H13N3S. The van der Waals surface area contributed by atoms with Crippen LogP contribution in [0, 0.1) is 12.8 Å². The molecule has 1 aliphatic carbocycles. The minimum atomic E-state index is 0.656. The molecule has 66 valence electrons. The van der Waals surface area contributed by atoms with Crippen molar-refractivity contribution in [3.05, 3.63) is 5.56 Å². The lowest BCUT2D eigenvalue weighted by atomic mass is 10.3. The molecule has 1 aliphatic rings. The van der Waals surface area contributed by atoms with Gasteiger partial charge in [0.2, 0.25) is 0 Å². The van der Waals surface area contributed by atoms with Crippen LogP contribution in [0.15, 0.2) is 0 Å². The Morgan fingerprint density at radius 3 is 2.75 bits per heavy atom. The molecule has 0 aromatic carbocycles. The molecule has 1 aromatic rings. The van der Waals surface area contributed by atoms with Gasteiger partial charge in [-0.2, -0.15) is 4.37 Å². The Labute approximate surface area is 76.1 Å². The predicted molar refractivity (Wildman–Crippen MR) is 52.5 cm³/mol. The van der Waals surface area contributed by atoms with Gasteiger partial charge in [0.1, 0.15) is 10.8 Å². The number of rotatable bonds is 2. The van der Waals surface area contributed by atoms with Crippen molar-refractivity contribution in [3.63, 3.8) is 0 Å². The Bertz CT molecular complexity index is 294. The quantitative estimate of drug-likeness (QED) is 0.735. The molecule has 4 heteroatoms. The first kappa shape index (κ1) is 7.86. The molecular weight excluding hydrogens is 170 g/mol. The van der Waals surface area contributed by atoms with Gasteiger partial charge in [-0.1, -0.05) is 6.92 Å². The number of nitrogens with one attached hydrogen (secondary N) is 1. The number of hydrogen-bond acceptors (Lipinski definition) is 4. The van der Waals surface area contributed by atoms with Crippen LogP contribution in [-0.4, -0.2) is 10.4 Å². The molecule has 2 unspecified atom stereocenters. The average Bonchev–Trinajstić information content (AvgIpc) is 2.64. The SMILES string of the molecule is Cc1c(N)nsc1NC1CC1C. The second-order valence-corrected chi connectivity index (χ2v) is 4.26. The highest BCUT2D eigenvalue weighted by Gasteiger charge is 2.33. The zero-order chi connectivity index (χ0) is 8.72. The van der Waals surface area contributed by atoms with Crippen LogP contribution in [0.25, 0.3) is 0 Å². The highest BCUT2D eigenvalue weighted by molar-refractivity contribution is 7.10. The summed E-state index contributed by atoms with van der Waals surface area (Å²) in [6, 6.07) is 0.656. The number of anilines is 2. The number of nitrogen functional groups attached to an aromatic ring is 1. The van der Waals surface area contributed by atoms with Gasteiger partial charge < -0.3 is 11.1 Å². The van der Waals surface area contributed by atoms with Gasteiger partial charge in [-0.15, -0.1) is 0 Å². The van der Waals surface area contributed by atoms with E-state index in [0.717, 1.165) is 16.5 Å². The Kier molecular flexibility index (Phi) is 1.72. The molecule has 12 heavy (non-hydrogen) atoms. The number of hydrogen-bond donors (Lipinski definition) is 2. The van der Waals surface area contributed by atoms with Crippen LogP contribution < -0.4 is 11.1 Å². The van der Waals surface area contributed by atoms with Crippen molar-refractivity contribution in [1.82, 2.24) is 4.37 Å². The molecule has 0 bridgehead atoms. The first-order chi connectivity index (χ1) is 5.68. The van der Waals surface area contributed by atoms with Crippen LogP contribution >= 0.6 is 11.5 Å². The minimum Gasteiger partial charge on any atom is -0.383 e. The summed E-state index contributed by atoms with van der Waals surface area (Å²) in [6.07, 6.45) is 1.28. The Balaban J connectivity index is 2.08. The lowest BCUT2D eigenvalue weighted by molar-refractivity contribution is 0.931. The monoisotopic (exact) mass is 183 g/mol. The zero-order valence-corrected chi connectivity index (χ0v) is 8.11. The average molecular weight is 183 g/mol. The molecule has 0 spiro atoms. The van der Waals surface area contributed by atoms with Crippen LogP contribution in [0.5, 0.6) is 0 Å². The van der Waals surface area contributed by atoms with E-state index in [0.29, 0.717) is 11.9 Å². The molecule has 0 aliphatic heterocycles. The van der Waals surface area contributed by atoms with Gasteiger partial charge in [0, 0.05) is 11.6 Å². The Hall–Kier alpha value is -0.770. The van der Waals surface area contributed by atoms with Crippen molar-refractivity contribution in [1.29, 1.82) is 0 Å². The first-order valence-electron chi connectivity index (χ1n) is 4.16. The van der Waals surface area contributed by atoms with Crippen LogP contribution in [0.3, 0.4) is 0 Å². The predicted octanol–water partition coefficient (Wildman–Crippen LogP) is 1.85. The third-order valence-corrected chi connectivity index (χ3v) is 3.28. The second kappa shape index (κ2) is 2.62. The van der Waals surface area contributed by atoms with Crippen molar-refractivity contribution >= 4 is 22.4 Å². The highest BCUT2D eigenvalue weighted by atomic mass is 32.1. The van der Waals surface area contributed by atoms with Gasteiger partial charge in [0.15, 0.2) is 0 Å². The minimum absolute atomic E-state index is 0.656. The van der Waals surface area contributed by atoms with Crippen molar-refractivity contribution in [2.45, 2.75) is 26.3 Å².